The van der Waals surface area contributed by atoms with E-state index in [1.165, 1.54) is 6.07 Å². The molecule has 0 aliphatic rings. The summed E-state index contributed by atoms with van der Waals surface area (Å²) in [5, 5.41) is 24.6. The fourth-order valence-corrected chi connectivity index (χ4v) is 2.66. The third-order valence-corrected chi connectivity index (χ3v) is 3.79. The molecule has 9 nitrogen and oxygen atoms in total. The number of phenols is 1. The van der Waals surface area contributed by atoms with Gasteiger partial charge in [-0.2, -0.15) is 5.10 Å². The van der Waals surface area contributed by atoms with Gasteiger partial charge >= 0.3 is 5.69 Å². The summed E-state index contributed by atoms with van der Waals surface area (Å²) in [5.74, 6) is -1.11. The van der Waals surface area contributed by atoms with Crippen LogP contribution < -0.4 is 5.43 Å². The van der Waals surface area contributed by atoms with Crippen LogP contribution in [-0.2, 0) is 0 Å². The Bertz CT molecular complexity index is 1060. The average Bonchev–Trinajstić information content (AvgIpc) is 2.93. The predicted molar refractivity (Wildman–Crippen MR) is 94.8 cm³/mol. The smallest absolute Gasteiger partial charge is 0.312 e. The molecule has 10 heteroatoms. The highest BCUT2D eigenvalue weighted by Crippen LogP contribution is 2.32. The molecule has 0 atom stereocenters. The summed E-state index contributed by atoms with van der Waals surface area (Å²) >= 11 is 5.80. The number of benzene rings is 1. The first kappa shape index (κ1) is 17.4. The van der Waals surface area contributed by atoms with E-state index in [9.17, 15) is 20.0 Å². The number of hydrazone groups is 1. The van der Waals surface area contributed by atoms with Gasteiger partial charge in [-0.1, -0.05) is 17.7 Å². The van der Waals surface area contributed by atoms with Crippen LogP contribution in [0.5, 0.6) is 5.75 Å². The number of hydrogen-bond acceptors (Lipinski definition) is 6. The molecule has 3 aromatic rings. The first-order valence-corrected chi connectivity index (χ1v) is 7.70. The molecular weight excluding hydrogens is 362 g/mol. The first-order valence-electron chi connectivity index (χ1n) is 7.32. The van der Waals surface area contributed by atoms with Crippen LogP contribution in [0.25, 0.3) is 5.65 Å². The Kier molecular flexibility index (Phi) is 4.55. The minimum atomic E-state index is -0.765. The molecule has 0 radical (unpaired) electrons. The van der Waals surface area contributed by atoms with Gasteiger partial charge in [0.05, 0.1) is 16.8 Å². The molecule has 0 saturated heterocycles. The molecule has 0 saturated carbocycles. The summed E-state index contributed by atoms with van der Waals surface area (Å²) in [6.45, 7) is 1.69. The average molecular weight is 374 g/mol. The molecule has 2 N–H and O–H groups in total. The van der Waals surface area contributed by atoms with E-state index >= 15 is 0 Å². The number of carbonyl (C=O) groups is 1. The van der Waals surface area contributed by atoms with Crippen molar-refractivity contribution in [1.82, 2.24) is 14.8 Å². The fourth-order valence-electron chi connectivity index (χ4n) is 2.44. The summed E-state index contributed by atoms with van der Waals surface area (Å²) in [6.07, 6.45) is 2.77. The third-order valence-electron chi connectivity index (χ3n) is 3.57. The zero-order valence-corrected chi connectivity index (χ0v) is 14.1. The maximum absolute atomic E-state index is 12.4. The van der Waals surface area contributed by atoms with Crippen LogP contribution in [0.1, 0.15) is 21.7 Å². The van der Waals surface area contributed by atoms with Crippen molar-refractivity contribution in [2.24, 2.45) is 5.10 Å². The molecule has 0 aliphatic carbocycles. The topological polar surface area (TPSA) is 122 Å². The van der Waals surface area contributed by atoms with Crippen molar-refractivity contribution in [3.05, 3.63) is 68.6 Å². The van der Waals surface area contributed by atoms with Crippen molar-refractivity contribution in [2.75, 3.05) is 0 Å². The van der Waals surface area contributed by atoms with Gasteiger partial charge in [-0.05, 0) is 25.1 Å². The van der Waals surface area contributed by atoms with Crippen LogP contribution in [0, 0.1) is 17.0 Å². The number of imidazole rings is 1. The summed E-state index contributed by atoms with van der Waals surface area (Å²) in [6, 6.07) is 7.64. The molecule has 0 aliphatic heterocycles. The maximum Gasteiger partial charge on any atom is 0.312 e. The van der Waals surface area contributed by atoms with Gasteiger partial charge in [0.2, 0.25) is 5.75 Å². The number of aromatic hydroxyl groups is 1. The Labute approximate surface area is 151 Å². The third kappa shape index (κ3) is 3.20. The SMILES string of the molecule is Cc1nc2ccccn2c1C(=O)N/N=C\c1cc(Cl)cc([N+](=O)[O-])c1O. The number of amides is 1. The molecular formula is C16H12ClN5O4. The molecule has 132 valence electrons. The molecule has 0 fully saturated rings. The number of aromatic nitrogens is 2. The largest absolute Gasteiger partial charge is 0.502 e. The number of aryl methyl sites for hydroxylation is 1. The van der Waals surface area contributed by atoms with Gasteiger partial charge in [0, 0.05) is 22.8 Å². The first-order chi connectivity index (χ1) is 12.4. The Morgan fingerprint density at radius 1 is 1.46 bits per heavy atom. The molecule has 1 aromatic carbocycles. The van der Waals surface area contributed by atoms with Crippen LogP contribution in [0.2, 0.25) is 5.02 Å². The van der Waals surface area contributed by atoms with E-state index in [0.717, 1.165) is 12.3 Å². The van der Waals surface area contributed by atoms with Crippen molar-refractivity contribution < 1.29 is 14.8 Å². The number of nitrogens with zero attached hydrogens (tertiary/aromatic N) is 4. The quantitative estimate of drug-likeness (QED) is 0.413. The summed E-state index contributed by atoms with van der Waals surface area (Å²) in [5.41, 5.74) is 3.19. The predicted octanol–water partition coefficient (Wildman–Crippen LogP) is 2.67. The molecule has 1 amide bonds. The maximum atomic E-state index is 12.4. The lowest BCUT2D eigenvalue weighted by Crippen LogP contribution is -2.20. The second-order valence-electron chi connectivity index (χ2n) is 5.29. The number of nitrogens with one attached hydrogen (secondary N) is 1. The number of nitro benzene ring substituents is 1. The van der Waals surface area contributed by atoms with E-state index in [1.54, 1.807) is 35.7 Å². The van der Waals surface area contributed by atoms with Crippen molar-refractivity contribution in [2.45, 2.75) is 6.92 Å². The Morgan fingerprint density at radius 2 is 2.23 bits per heavy atom. The van der Waals surface area contributed by atoms with Crippen LogP contribution >= 0.6 is 11.6 Å². The lowest BCUT2D eigenvalue weighted by atomic mass is 10.2. The van der Waals surface area contributed by atoms with E-state index in [2.05, 4.69) is 15.5 Å². The van der Waals surface area contributed by atoms with Crippen molar-refractivity contribution >= 4 is 35.1 Å². The van der Waals surface area contributed by atoms with Crippen LogP contribution in [-0.4, -0.2) is 31.5 Å². The van der Waals surface area contributed by atoms with E-state index in [4.69, 9.17) is 11.6 Å². The highest BCUT2D eigenvalue weighted by atomic mass is 35.5. The number of halogens is 1. The lowest BCUT2D eigenvalue weighted by molar-refractivity contribution is -0.385. The molecule has 26 heavy (non-hydrogen) atoms. The molecule has 0 bridgehead atoms. The summed E-state index contributed by atoms with van der Waals surface area (Å²) in [4.78, 5) is 26.8. The zero-order chi connectivity index (χ0) is 18.8. The van der Waals surface area contributed by atoms with Gasteiger partial charge in [-0.15, -0.1) is 0 Å². The second-order valence-corrected chi connectivity index (χ2v) is 5.73. The molecule has 2 heterocycles. The fraction of sp³-hybridized carbons (Fsp3) is 0.0625. The monoisotopic (exact) mass is 373 g/mol. The standard InChI is InChI=1S/C16H12ClN5O4/c1-9-14(21-5-3-2-4-13(21)19-9)16(24)20-18-8-10-6-11(17)7-12(15(10)23)22(25)26/h2-8,23H,1H3,(H,20,24)/b18-8-. The van der Waals surface area contributed by atoms with Crippen LogP contribution in [0.15, 0.2) is 41.6 Å². The zero-order valence-electron chi connectivity index (χ0n) is 13.4. The van der Waals surface area contributed by atoms with Gasteiger partial charge in [-0.3, -0.25) is 19.3 Å². The van der Waals surface area contributed by atoms with Crippen molar-refractivity contribution in [3.8, 4) is 5.75 Å². The van der Waals surface area contributed by atoms with Crippen molar-refractivity contribution in [3.63, 3.8) is 0 Å². The number of phenolic OH excluding ortho intramolecular Hbond substituents is 1. The van der Waals surface area contributed by atoms with Gasteiger partial charge in [0.25, 0.3) is 5.91 Å². The second kappa shape index (κ2) is 6.81. The molecule has 3 rings (SSSR count). The van der Waals surface area contributed by atoms with Gasteiger partial charge < -0.3 is 5.11 Å². The molecule has 0 unspecified atom stereocenters. The number of fused-ring (bicyclic) bond motifs is 1. The summed E-state index contributed by atoms with van der Waals surface area (Å²) < 4.78 is 1.61. The van der Waals surface area contributed by atoms with Crippen LogP contribution in [0.4, 0.5) is 5.69 Å². The van der Waals surface area contributed by atoms with E-state index in [0.29, 0.717) is 17.0 Å². The molecule has 0 spiro atoms. The van der Waals surface area contributed by atoms with E-state index in [1.807, 2.05) is 0 Å². The minimum absolute atomic E-state index is 0.000589. The number of rotatable bonds is 4. The highest BCUT2D eigenvalue weighted by Gasteiger charge is 2.18. The number of carbonyl (C=O) groups excluding carboxylic acids is 1. The van der Waals surface area contributed by atoms with Gasteiger partial charge in [-0.25, -0.2) is 10.4 Å². The van der Waals surface area contributed by atoms with Gasteiger partial charge in [0.1, 0.15) is 11.3 Å². The Hall–Kier alpha value is -3.46. The molecule has 2 aromatic heterocycles. The Balaban J connectivity index is 1.86. The van der Waals surface area contributed by atoms with Gasteiger partial charge in [0.15, 0.2) is 0 Å². The minimum Gasteiger partial charge on any atom is -0.502 e. The van der Waals surface area contributed by atoms with Crippen molar-refractivity contribution in [1.29, 1.82) is 0 Å². The Morgan fingerprint density at radius 3 is 2.96 bits per heavy atom. The number of nitro groups is 1. The normalized spacial score (nSPS) is 11.2. The lowest BCUT2D eigenvalue weighted by Gasteiger charge is -2.03. The number of pyridine rings is 1. The van der Waals surface area contributed by atoms with Crippen LogP contribution in [0.3, 0.4) is 0 Å². The number of hydrogen-bond donors (Lipinski definition) is 2. The summed E-state index contributed by atoms with van der Waals surface area (Å²) in [7, 11) is 0. The van der Waals surface area contributed by atoms with E-state index in [-0.39, 0.29) is 10.6 Å². The highest BCUT2D eigenvalue weighted by molar-refractivity contribution is 6.31. The van der Waals surface area contributed by atoms with E-state index < -0.39 is 22.3 Å².